The van der Waals surface area contributed by atoms with Crippen molar-refractivity contribution in [3.63, 3.8) is 0 Å². The van der Waals surface area contributed by atoms with E-state index in [-0.39, 0.29) is 6.04 Å². The van der Waals surface area contributed by atoms with Crippen molar-refractivity contribution in [3.05, 3.63) is 20.6 Å². The number of hydrogen-bond acceptors (Lipinski definition) is 5. The first-order valence-electron chi connectivity index (χ1n) is 4.66. The predicted octanol–water partition coefficient (Wildman–Crippen LogP) is 3.51. The molecule has 2 rings (SSSR count). The lowest BCUT2D eigenvalue weighted by Gasteiger charge is -1.99. The number of nitrogens with two attached hydrogens (primary N) is 1. The van der Waals surface area contributed by atoms with Gasteiger partial charge in [0.05, 0.1) is 15.9 Å². The predicted molar refractivity (Wildman–Crippen MR) is 64.9 cm³/mol. The summed E-state index contributed by atoms with van der Waals surface area (Å²) in [6.45, 7) is 1.95. The lowest BCUT2D eigenvalue weighted by Crippen LogP contribution is -2.10. The van der Waals surface area contributed by atoms with Gasteiger partial charge in [-0.1, -0.05) is 35.3 Å². The zero-order valence-electron chi connectivity index (χ0n) is 8.41. The molecule has 0 aliphatic heterocycles. The summed E-state index contributed by atoms with van der Waals surface area (Å²) in [6.07, 6.45) is 0.747. The molecule has 1 unspecified atom stereocenters. The van der Waals surface area contributed by atoms with Gasteiger partial charge in [0.2, 0.25) is 0 Å². The monoisotopic (exact) mass is 277 g/mol. The molecule has 0 aliphatic rings. The Kier molecular flexibility index (Phi) is 3.49. The van der Waals surface area contributed by atoms with Crippen LogP contribution in [0.5, 0.6) is 0 Å². The van der Waals surface area contributed by atoms with Crippen molar-refractivity contribution < 1.29 is 4.52 Å². The van der Waals surface area contributed by atoms with Gasteiger partial charge in [0.25, 0.3) is 5.89 Å². The maximum Gasteiger partial charge on any atom is 0.260 e. The van der Waals surface area contributed by atoms with Crippen LogP contribution in [0.15, 0.2) is 10.6 Å². The molecule has 0 aromatic carbocycles. The third kappa shape index (κ3) is 2.22. The van der Waals surface area contributed by atoms with Crippen LogP contribution >= 0.6 is 34.5 Å². The van der Waals surface area contributed by atoms with Crippen molar-refractivity contribution in [2.24, 2.45) is 5.73 Å². The number of thiophene rings is 1. The molecule has 0 radical (unpaired) electrons. The van der Waals surface area contributed by atoms with Crippen molar-refractivity contribution in [3.8, 4) is 11.5 Å². The quantitative estimate of drug-likeness (QED) is 0.932. The number of aromatic nitrogens is 2. The molecule has 2 aromatic rings. The minimum atomic E-state index is -0.217. The molecule has 2 aromatic heterocycles. The van der Waals surface area contributed by atoms with E-state index in [0.717, 1.165) is 6.42 Å². The first-order valence-corrected chi connectivity index (χ1v) is 6.23. The molecule has 0 saturated carbocycles. The van der Waals surface area contributed by atoms with Gasteiger partial charge in [-0.3, -0.25) is 0 Å². The van der Waals surface area contributed by atoms with Gasteiger partial charge in [-0.2, -0.15) is 4.98 Å². The normalized spacial score (nSPS) is 13.0. The molecule has 7 heteroatoms. The van der Waals surface area contributed by atoms with E-state index in [1.807, 2.05) is 6.92 Å². The molecule has 4 nitrogen and oxygen atoms in total. The number of halogens is 2. The Labute approximate surface area is 106 Å². The van der Waals surface area contributed by atoms with Crippen molar-refractivity contribution in [2.45, 2.75) is 19.4 Å². The van der Waals surface area contributed by atoms with Crippen LogP contribution in [0.2, 0.25) is 8.67 Å². The number of hydrogen-bond donors (Lipinski definition) is 1. The van der Waals surface area contributed by atoms with Crippen molar-refractivity contribution >= 4 is 34.5 Å². The average molecular weight is 278 g/mol. The largest absolute Gasteiger partial charge is 0.334 e. The second-order valence-corrected chi connectivity index (χ2v) is 5.50. The highest BCUT2D eigenvalue weighted by molar-refractivity contribution is 7.20. The van der Waals surface area contributed by atoms with Crippen molar-refractivity contribution in [2.75, 3.05) is 0 Å². The van der Waals surface area contributed by atoms with Gasteiger partial charge < -0.3 is 10.3 Å². The van der Waals surface area contributed by atoms with E-state index in [1.165, 1.54) is 11.3 Å². The molecule has 1 atom stereocenters. The van der Waals surface area contributed by atoms with E-state index < -0.39 is 0 Å². The summed E-state index contributed by atoms with van der Waals surface area (Å²) in [5.41, 5.74) is 6.44. The Balaban J connectivity index is 2.35. The summed E-state index contributed by atoms with van der Waals surface area (Å²) < 4.78 is 6.21. The topological polar surface area (TPSA) is 64.9 Å². The first kappa shape index (κ1) is 11.9. The summed E-state index contributed by atoms with van der Waals surface area (Å²) in [5.74, 6) is 0.836. The van der Waals surface area contributed by atoms with Crippen LogP contribution in [-0.2, 0) is 0 Å². The van der Waals surface area contributed by atoms with E-state index in [2.05, 4.69) is 10.1 Å². The minimum absolute atomic E-state index is 0.217. The molecular formula is C9H9Cl2N3OS. The zero-order chi connectivity index (χ0) is 11.7. The van der Waals surface area contributed by atoms with Crippen molar-refractivity contribution in [1.29, 1.82) is 0 Å². The average Bonchev–Trinajstić information content (AvgIpc) is 2.83. The fourth-order valence-electron chi connectivity index (χ4n) is 1.16. The third-order valence-corrected chi connectivity index (χ3v) is 3.59. The fourth-order valence-corrected chi connectivity index (χ4v) is 2.61. The van der Waals surface area contributed by atoms with Crippen LogP contribution in [0.1, 0.15) is 25.2 Å². The summed E-state index contributed by atoms with van der Waals surface area (Å²) in [5, 5.41) is 3.81. The maximum absolute atomic E-state index is 5.98. The van der Waals surface area contributed by atoms with Gasteiger partial charge in [0, 0.05) is 0 Å². The van der Waals surface area contributed by atoms with Gasteiger partial charge >= 0.3 is 0 Å². The smallest absolute Gasteiger partial charge is 0.260 e. The van der Waals surface area contributed by atoms with Gasteiger partial charge in [-0.25, -0.2) is 0 Å². The van der Waals surface area contributed by atoms with Gasteiger partial charge in [-0.05, 0) is 12.5 Å². The molecule has 86 valence electrons. The number of rotatable bonds is 3. The molecule has 0 fully saturated rings. The van der Waals surface area contributed by atoms with Gasteiger partial charge in [0.1, 0.15) is 4.34 Å². The molecule has 0 aliphatic carbocycles. The molecular weight excluding hydrogens is 269 g/mol. The standard InChI is InChI=1S/C9H9Cl2N3OS/c1-2-5(12)8-13-9(15-14-8)4-3-6(10)16-7(4)11/h3,5H,2,12H2,1H3. The van der Waals surface area contributed by atoms with Gasteiger partial charge in [0.15, 0.2) is 5.82 Å². The van der Waals surface area contributed by atoms with Crippen LogP contribution in [0.3, 0.4) is 0 Å². The molecule has 2 N–H and O–H groups in total. The highest BCUT2D eigenvalue weighted by Crippen LogP contribution is 2.37. The summed E-state index contributed by atoms with van der Waals surface area (Å²) >= 11 is 13.1. The molecule has 0 saturated heterocycles. The molecule has 0 amide bonds. The summed E-state index contributed by atoms with van der Waals surface area (Å²) in [6, 6.07) is 1.48. The first-order chi connectivity index (χ1) is 7.61. The van der Waals surface area contributed by atoms with Gasteiger partial charge in [-0.15, -0.1) is 11.3 Å². The Morgan fingerprint density at radius 1 is 1.56 bits per heavy atom. The van der Waals surface area contributed by atoms with E-state index >= 15 is 0 Å². The fraction of sp³-hybridized carbons (Fsp3) is 0.333. The highest BCUT2D eigenvalue weighted by atomic mass is 35.5. The lowest BCUT2D eigenvalue weighted by molar-refractivity contribution is 0.415. The maximum atomic E-state index is 5.98. The van der Waals surface area contributed by atoms with Crippen LogP contribution in [0, 0.1) is 0 Å². The Morgan fingerprint density at radius 3 is 2.88 bits per heavy atom. The minimum Gasteiger partial charge on any atom is -0.334 e. The zero-order valence-corrected chi connectivity index (χ0v) is 10.7. The second-order valence-electron chi connectivity index (χ2n) is 3.21. The highest BCUT2D eigenvalue weighted by Gasteiger charge is 2.17. The Morgan fingerprint density at radius 2 is 2.31 bits per heavy atom. The van der Waals surface area contributed by atoms with E-state index in [0.29, 0.717) is 26.0 Å². The third-order valence-electron chi connectivity index (χ3n) is 2.10. The summed E-state index contributed by atoms with van der Waals surface area (Å²) in [4.78, 5) is 4.19. The molecule has 16 heavy (non-hydrogen) atoms. The van der Waals surface area contributed by atoms with Crippen LogP contribution in [0.25, 0.3) is 11.5 Å². The lowest BCUT2D eigenvalue weighted by atomic mass is 10.2. The number of nitrogens with zero attached hydrogens (tertiary/aromatic N) is 2. The van der Waals surface area contributed by atoms with Crippen LogP contribution in [-0.4, -0.2) is 10.1 Å². The van der Waals surface area contributed by atoms with Crippen LogP contribution in [0.4, 0.5) is 0 Å². The second kappa shape index (κ2) is 4.71. The Hall–Kier alpha value is -0.620. The van der Waals surface area contributed by atoms with Crippen LogP contribution < -0.4 is 5.73 Å². The van der Waals surface area contributed by atoms with E-state index in [1.54, 1.807) is 6.07 Å². The summed E-state index contributed by atoms with van der Waals surface area (Å²) in [7, 11) is 0. The van der Waals surface area contributed by atoms with E-state index in [4.69, 9.17) is 33.5 Å². The SMILES string of the molecule is CCC(N)c1noc(-c2cc(Cl)sc2Cl)n1. The van der Waals surface area contributed by atoms with Crippen molar-refractivity contribution in [1.82, 2.24) is 10.1 Å². The molecule has 2 heterocycles. The Bertz CT molecular complexity index is 497. The molecule has 0 spiro atoms. The molecule has 0 bridgehead atoms. The van der Waals surface area contributed by atoms with E-state index in [9.17, 15) is 0 Å².